The monoisotopic (exact) mass is 412 g/mol. The van der Waals surface area contributed by atoms with E-state index in [9.17, 15) is 22.0 Å². The molecule has 142 valence electrons. The molecule has 9 heteroatoms. The van der Waals surface area contributed by atoms with Gasteiger partial charge in [0.15, 0.2) is 9.84 Å². The molecule has 4 rings (SSSR count). The van der Waals surface area contributed by atoms with Crippen LogP contribution in [0.4, 0.5) is 19.3 Å². The second-order valence-corrected chi connectivity index (χ2v) is 9.23. The molecule has 0 N–H and O–H groups in total. The minimum atomic E-state index is -3.36. The van der Waals surface area contributed by atoms with Gasteiger partial charge in [0.2, 0.25) is 0 Å². The van der Waals surface area contributed by atoms with Gasteiger partial charge in [0.25, 0.3) is 0 Å². The lowest BCUT2D eigenvalue weighted by atomic mass is 10.1. The number of hydrogen-bond acceptors (Lipinski definition) is 3. The van der Waals surface area contributed by atoms with Gasteiger partial charge in [-0.15, -0.1) is 0 Å². The van der Waals surface area contributed by atoms with Gasteiger partial charge in [-0.3, -0.25) is 4.90 Å². The van der Waals surface area contributed by atoms with E-state index in [1.165, 1.54) is 52.3 Å². The molecule has 2 heterocycles. The normalized spacial score (nSPS) is 23.7. The molecule has 2 aliphatic rings. The van der Waals surface area contributed by atoms with Crippen LogP contribution in [0.25, 0.3) is 0 Å². The van der Waals surface area contributed by atoms with Gasteiger partial charge < -0.3 is 4.90 Å². The topological polar surface area (TPSA) is 57.7 Å². The predicted octanol–water partition coefficient (Wildman–Crippen LogP) is 3.23. The van der Waals surface area contributed by atoms with Gasteiger partial charge in [-0.2, -0.15) is 0 Å². The highest BCUT2D eigenvalue weighted by atomic mass is 35.5. The summed E-state index contributed by atoms with van der Waals surface area (Å²) >= 11 is 6.07. The number of carbonyl (C=O) groups excluding carboxylic acids is 1. The number of amides is 2. The number of nitrogens with zero attached hydrogens (tertiary/aromatic N) is 2. The van der Waals surface area contributed by atoms with Crippen molar-refractivity contribution in [3.05, 3.63) is 64.7 Å². The Morgan fingerprint density at radius 2 is 1.70 bits per heavy atom. The Morgan fingerprint density at radius 1 is 1.04 bits per heavy atom. The van der Waals surface area contributed by atoms with Crippen LogP contribution < -0.4 is 4.90 Å². The third-order valence-corrected chi connectivity index (χ3v) is 7.03. The number of hydrogen-bond donors (Lipinski definition) is 0. The molecule has 0 unspecified atom stereocenters. The molecular formula is C18H15ClF2N2O3S. The number of carbonyl (C=O) groups is 1. The molecule has 2 aromatic rings. The van der Waals surface area contributed by atoms with E-state index in [1.54, 1.807) is 0 Å². The largest absolute Gasteiger partial charge is 0.325 e. The third kappa shape index (κ3) is 3.17. The fourth-order valence-corrected chi connectivity index (χ4v) is 5.89. The molecule has 27 heavy (non-hydrogen) atoms. The zero-order valence-electron chi connectivity index (χ0n) is 14.0. The molecule has 0 aliphatic carbocycles. The highest BCUT2D eigenvalue weighted by molar-refractivity contribution is 7.91. The van der Waals surface area contributed by atoms with Gasteiger partial charge in [-0.05, 0) is 36.4 Å². The zero-order valence-corrected chi connectivity index (χ0v) is 15.6. The average Bonchev–Trinajstić information content (AvgIpc) is 3.02. The minimum Gasteiger partial charge on any atom is -0.314 e. The first-order valence-electron chi connectivity index (χ1n) is 8.25. The lowest BCUT2D eigenvalue weighted by Gasteiger charge is -2.23. The third-order valence-electron chi connectivity index (χ3n) is 4.97. The Labute approximate surface area is 160 Å². The van der Waals surface area contributed by atoms with Crippen LogP contribution >= 0.6 is 11.6 Å². The van der Waals surface area contributed by atoms with Gasteiger partial charge >= 0.3 is 6.03 Å². The van der Waals surface area contributed by atoms with E-state index in [1.807, 2.05) is 0 Å². The molecule has 2 aliphatic heterocycles. The fourth-order valence-electron chi connectivity index (χ4n) is 3.72. The van der Waals surface area contributed by atoms with Crippen molar-refractivity contribution >= 4 is 33.2 Å². The molecule has 2 saturated heterocycles. The molecule has 2 amide bonds. The predicted molar refractivity (Wildman–Crippen MR) is 97.5 cm³/mol. The van der Waals surface area contributed by atoms with Crippen LogP contribution in [0, 0.1) is 11.6 Å². The van der Waals surface area contributed by atoms with Crippen molar-refractivity contribution in [1.29, 1.82) is 0 Å². The van der Waals surface area contributed by atoms with Crippen molar-refractivity contribution in [2.45, 2.75) is 18.6 Å². The Hall–Kier alpha value is -2.19. The molecule has 0 aromatic heterocycles. The molecular weight excluding hydrogens is 398 g/mol. The van der Waals surface area contributed by atoms with Crippen LogP contribution in [0.3, 0.4) is 0 Å². The van der Waals surface area contributed by atoms with Crippen LogP contribution in [0.15, 0.2) is 42.5 Å². The van der Waals surface area contributed by atoms with Crippen LogP contribution in [0.5, 0.6) is 0 Å². The highest BCUT2D eigenvalue weighted by Gasteiger charge is 2.54. The Bertz CT molecular complexity index is 994. The fraction of sp³-hybridized carbons (Fsp3) is 0.278. The van der Waals surface area contributed by atoms with E-state index in [-0.39, 0.29) is 28.6 Å². The van der Waals surface area contributed by atoms with Gasteiger partial charge in [0.05, 0.1) is 30.1 Å². The zero-order chi connectivity index (χ0) is 19.3. The van der Waals surface area contributed by atoms with E-state index in [0.29, 0.717) is 5.69 Å². The van der Waals surface area contributed by atoms with Crippen LogP contribution in [-0.4, -0.2) is 42.9 Å². The molecule has 0 saturated carbocycles. The van der Waals surface area contributed by atoms with E-state index < -0.39 is 39.6 Å². The molecule has 0 bridgehead atoms. The van der Waals surface area contributed by atoms with Crippen molar-refractivity contribution in [3.8, 4) is 0 Å². The molecule has 0 radical (unpaired) electrons. The number of rotatable bonds is 3. The van der Waals surface area contributed by atoms with E-state index >= 15 is 0 Å². The quantitative estimate of drug-likeness (QED) is 0.727. The number of benzene rings is 2. The Morgan fingerprint density at radius 3 is 2.37 bits per heavy atom. The smallest absolute Gasteiger partial charge is 0.314 e. The number of halogens is 3. The highest BCUT2D eigenvalue weighted by Crippen LogP contribution is 2.36. The second-order valence-electron chi connectivity index (χ2n) is 6.67. The first-order chi connectivity index (χ1) is 12.8. The summed E-state index contributed by atoms with van der Waals surface area (Å²) in [6.07, 6.45) is 0. The Balaban J connectivity index is 1.74. The maximum absolute atomic E-state index is 14.2. The maximum Gasteiger partial charge on any atom is 0.325 e. The van der Waals surface area contributed by atoms with E-state index in [2.05, 4.69) is 0 Å². The SMILES string of the molecule is O=C1N(Cc2c(F)cccc2Cl)[C@H]2CS(=O)(=O)C[C@H]2N1c1ccc(F)cc1. The van der Waals surface area contributed by atoms with Crippen molar-refractivity contribution in [1.82, 2.24) is 4.90 Å². The van der Waals surface area contributed by atoms with Crippen molar-refractivity contribution in [2.75, 3.05) is 16.4 Å². The first kappa shape index (κ1) is 18.2. The minimum absolute atomic E-state index is 0.136. The molecule has 5 nitrogen and oxygen atoms in total. The molecule has 2 fully saturated rings. The summed E-state index contributed by atoms with van der Waals surface area (Å²) in [4.78, 5) is 15.7. The van der Waals surface area contributed by atoms with Crippen LogP contribution in [0.1, 0.15) is 5.56 Å². The van der Waals surface area contributed by atoms with E-state index in [4.69, 9.17) is 11.6 Å². The molecule has 0 spiro atoms. The maximum atomic E-state index is 14.2. The number of anilines is 1. The summed E-state index contributed by atoms with van der Waals surface area (Å²) in [5.41, 5.74) is 0.534. The van der Waals surface area contributed by atoms with Gasteiger partial charge in [0.1, 0.15) is 11.6 Å². The number of sulfone groups is 1. The van der Waals surface area contributed by atoms with Crippen molar-refractivity contribution in [2.24, 2.45) is 0 Å². The molecule has 2 aromatic carbocycles. The van der Waals surface area contributed by atoms with Gasteiger partial charge in [-0.25, -0.2) is 22.0 Å². The van der Waals surface area contributed by atoms with Crippen LogP contribution in [0.2, 0.25) is 5.02 Å². The van der Waals surface area contributed by atoms with E-state index in [0.717, 1.165) is 0 Å². The summed E-state index contributed by atoms with van der Waals surface area (Å²) in [7, 11) is -3.36. The average molecular weight is 413 g/mol. The lowest BCUT2D eigenvalue weighted by Crippen LogP contribution is -2.37. The number of urea groups is 1. The summed E-state index contributed by atoms with van der Waals surface area (Å²) < 4.78 is 51.8. The summed E-state index contributed by atoms with van der Waals surface area (Å²) in [6, 6.07) is 7.79. The number of fused-ring (bicyclic) bond motifs is 1. The van der Waals surface area contributed by atoms with Crippen molar-refractivity contribution in [3.63, 3.8) is 0 Å². The summed E-state index contributed by atoms with van der Waals surface area (Å²) in [5.74, 6) is -1.42. The van der Waals surface area contributed by atoms with Crippen molar-refractivity contribution < 1.29 is 22.0 Å². The second kappa shape index (κ2) is 6.45. The Kier molecular flexibility index (Phi) is 4.35. The summed E-state index contributed by atoms with van der Waals surface area (Å²) in [6.45, 7) is -0.140. The summed E-state index contributed by atoms with van der Waals surface area (Å²) in [5, 5.41) is 0.167. The standard InChI is InChI=1S/C18H15ClF2N2O3S/c19-14-2-1-3-15(21)13(14)8-22-16-9-27(25,26)10-17(16)23(18(22)24)12-6-4-11(20)5-7-12/h1-7,16-17H,8-10H2/t16-,17+/m0/s1. The van der Waals surface area contributed by atoms with Gasteiger partial charge in [-0.1, -0.05) is 17.7 Å². The first-order valence-corrected chi connectivity index (χ1v) is 10.5. The lowest BCUT2D eigenvalue weighted by molar-refractivity contribution is 0.205. The molecule has 2 atom stereocenters. The van der Waals surface area contributed by atoms with Gasteiger partial charge in [0, 0.05) is 16.3 Å². The van der Waals surface area contributed by atoms with Crippen LogP contribution in [-0.2, 0) is 16.4 Å².